The average Bonchev–Trinajstić information content (AvgIpc) is 3.57. The molecule has 1 spiro atoms. The van der Waals surface area contributed by atoms with Gasteiger partial charge >= 0.3 is 0 Å². The van der Waals surface area contributed by atoms with Crippen LogP contribution in [0, 0.1) is 0 Å². The maximum Gasteiger partial charge on any atom is 0.160 e. The number of benzene rings is 8. The fraction of sp³-hybridized carbons (Fsp3) is 0.0370. The van der Waals surface area contributed by atoms with Gasteiger partial charge in [0.25, 0.3) is 0 Å². The predicted octanol–water partition coefficient (Wildman–Crippen LogP) is 13.7. The van der Waals surface area contributed by atoms with Crippen LogP contribution < -0.4 is 0 Å². The minimum atomic E-state index is -0.442. The Morgan fingerprint density at radius 2 is 1.09 bits per heavy atom. The lowest BCUT2D eigenvalue weighted by molar-refractivity contribution is 0.723. The first-order valence-corrected chi connectivity index (χ1v) is 20.4. The smallest absolute Gasteiger partial charge is 0.160 e. The summed E-state index contributed by atoms with van der Waals surface area (Å²) >= 11 is 1.89. The minimum absolute atomic E-state index is 0.442. The summed E-state index contributed by atoms with van der Waals surface area (Å²) in [6.07, 6.45) is 5.49. The topological polar surface area (TPSA) is 25.8 Å². The Balaban J connectivity index is 1.10. The third kappa shape index (κ3) is 4.79. The summed E-state index contributed by atoms with van der Waals surface area (Å²) in [5, 5.41) is 2.58. The molecule has 0 saturated heterocycles. The first kappa shape index (κ1) is 32.4. The number of rotatable bonds is 4. The second kappa shape index (κ2) is 12.6. The van der Waals surface area contributed by atoms with Gasteiger partial charge in [-0.25, -0.2) is 9.97 Å². The Morgan fingerprint density at radius 3 is 1.89 bits per heavy atom. The summed E-state index contributed by atoms with van der Waals surface area (Å²) in [7, 11) is 0. The third-order valence-electron chi connectivity index (χ3n) is 12.2. The quantitative estimate of drug-likeness (QED) is 0.180. The van der Waals surface area contributed by atoms with Crippen LogP contribution in [0.5, 0.6) is 0 Å². The maximum atomic E-state index is 5.36. The van der Waals surface area contributed by atoms with Gasteiger partial charge < -0.3 is 0 Å². The van der Waals surface area contributed by atoms with Crippen LogP contribution in [0.2, 0.25) is 0 Å². The molecule has 266 valence electrons. The van der Waals surface area contributed by atoms with E-state index < -0.39 is 5.41 Å². The Bertz CT molecular complexity index is 3100. The molecule has 0 unspecified atom stereocenters. The van der Waals surface area contributed by atoms with Gasteiger partial charge in [-0.1, -0.05) is 182 Å². The van der Waals surface area contributed by atoms with E-state index in [2.05, 4.69) is 188 Å². The van der Waals surface area contributed by atoms with Crippen LogP contribution in [-0.2, 0) is 11.8 Å². The molecule has 2 nitrogen and oxygen atoms in total. The molecule has 0 saturated carbocycles. The van der Waals surface area contributed by atoms with Gasteiger partial charge in [-0.2, -0.15) is 0 Å². The van der Waals surface area contributed by atoms with Gasteiger partial charge in [-0.05, 0) is 97.1 Å². The second-order valence-electron chi connectivity index (χ2n) is 15.2. The molecule has 0 atom stereocenters. The number of aromatic nitrogens is 2. The molecule has 3 aliphatic rings. The highest BCUT2D eigenvalue weighted by Crippen LogP contribution is 2.63. The van der Waals surface area contributed by atoms with Crippen LogP contribution in [0.4, 0.5) is 0 Å². The zero-order valence-corrected chi connectivity index (χ0v) is 31.8. The van der Waals surface area contributed by atoms with E-state index in [9.17, 15) is 0 Å². The van der Waals surface area contributed by atoms with Crippen molar-refractivity contribution in [2.75, 3.05) is 0 Å². The summed E-state index contributed by atoms with van der Waals surface area (Å²) in [4.78, 5) is 13.2. The molecule has 57 heavy (non-hydrogen) atoms. The van der Waals surface area contributed by atoms with E-state index in [1.807, 2.05) is 17.8 Å². The highest BCUT2D eigenvalue weighted by Gasteiger charge is 2.50. The highest BCUT2D eigenvalue weighted by molar-refractivity contribution is 7.99. The molecule has 1 aliphatic heterocycles. The van der Waals surface area contributed by atoms with E-state index >= 15 is 0 Å². The molecule has 0 N–H and O–H groups in total. The van der Waals surface area contributed by atoms with Crippen molar-refractivity contribution in [3.05, 3.63) is 221 Å². The SMILES string of the molecule is C1=Cc2cc(-c3cc(-c4ccccc4-c4cccc5c4Sc4ccccc4C54c5ccccc5-c5ccccc54)nc(-c4ccccc4)n3)cc3cccc(c23)C1. The molecule has 1 aromatic heterocycles. The molecule has 3 heteroatoms. The van der Waals surface area contributed by atoms with E-state index in [4.69, 9.17) is 9.97 Å². The number of fused-ring (bicyclic) bond motifs is 9. The minimum Gasteiger partial charge on any atom is -0.228 e. The highest BCUT2D eigenvalue weighted by atomic mass is 32.2. The second-order valence-corrected chi connectivity index (χ2v) is 16.2. The maximum absolute atomic E-state index is 5.36. The van der Waals surface area contributed by atoms with Crippen molar-refractivity contribution in [2.45, 2.75) is 21.6 Å². The molecule has 0 fully saturated rings. The molecule has 0 amide bonds. The van der Waals surface area contributed by atoms with Crippen LogP contribution in [0.25, 0.3) is 73.0 Å². The average molecular weight is 743 g/mol. The summed E-state index contributed by atoms with van der Waals surface area (Å²) < 4.78 is 0. The molecule has 0 bridgehead atoms. The largest absolute Gasteiger partial charge is 0.228 e. The van der Waals surface area contributed by atoms with Crippen molar-refractivity contribution in [1.82, 2.24) is 9.97 Å². The molecular weight excluding hydrogens is 709 g/mol. The van der Waals surface area contributed by atoms with Crippen molar-refractivity contribution < 1.29 is 0 Å². The van der Waals surface area contributed by atoms with Crippen LogP contribution in [0.3, 0.4) is 0 Å². The fourth-order valence-electron chi connectivity index (χ4n) is 9.78. The van der Waals surface area contributed by atoms with Gasteiger partial charge in [-0.3, -0.25) is 0 Å². The van der Waals surface area contributed by atoms with Crippen molar-refractivity contribution >= 4 is 28.6 Å². The first-order valence-electron chi connectivity index (χ1n) is 19.6. The standard InChI is InChI=1S/C54H34N2S/c1-2-15-35(16-3-1)53-55-48(38-31-36-19-12-17-34-18-13-20-37(32-38)51(34)36)33-49(56-53)42-24-5-4-21-39(42)43-25-14-29-47-52(43)57-50-30-11-10-28-46(50)54(47)44-26-8-6-22-40(44)41-23-7-9-27-45(41)54/h1-17,19-33H,18H2. The number of hydrogen-bond acceptors (Lipinski definition) is 3. The van der Waals surface area contributed by atoms with Gasteiger partial charge in [0.15, 0.2) is 5.82 Å². The molecular formula is C54H34N2S. The molecule has 2 heterocycles. The number of allylic oxidation sites excluding steroid dienone is 1. The van der Waals surface area contributed by atoms with E-state index in [-0.39, 0.29) is 0 Å². The Morgan fingerprint density at radius 1 is 0.456 bits per heavy atom. The van der Waals surface area contributed by atoms with Crippen LogP contribution in [0.15, 0.2) is 198 Å². The fourth-order valence-corrected chi connectivity index (χ4v) is 11.1. The van der Waals surface area contributed by atoms with Crippen molar-refractivity contribution in [3.63, 3.8) is 0 Å². The molecule has 8 aromatic carbocycles. The van der Waals surface area contributed by atoms with Crippen LogP contribution in [0.1, 0.15) is 33.4 Å². The summed E-state index contributed by atoms with van der Waals surface area (Å²) in [5.74, 6) is 0.715. The van der Waals surface area contributed by atoms with Gasteiger partial charge in [-0.15, -0.1) is 0 Å². The lowest BCUT2D eigenvalue weighted by Gasteiger charge is -2.40. The predicted molar refractivity (Wildman–Crippen MR) is 235 cm³/mol. The first-order chi connectivity index (χ1) is 28.3. The lowest BCUT2D eigenvalue weighted by Crippen LogP contribution is -2.32. The molecule has 2 aliphatic carbocycles. The van der Waals surface area contributed by atoms with E-state index in [0.29, 0.717) is 5.82 Å². The van der Waals surface area contributed by atoms with E-state index in [1.54, 1.807) is 0 Å². The Labute approximate surface area is 336 Å². The van der Waals surface area contributed by atoms with Gasteiger partial charge in [0.2, 0.25) is 0 Å². The zero-order chi connectivity index (χ0) is 37.5. The number of hydrogen-bond donors (Lipinski definition) is 0. The molecule has 0 radical (unpaired) electrons. The van der Waals surface area contributed by atoms with Crippen LogP contribution >= 0.6 is 11.8 Å². The summed E-state index contributed by atoms with van der Waals surface area (Å²) in [6.45, 7) is 0. The van der Waals surface area contributed by atoms with Crippen LogP contribution in [-0.4, -0.2) is 9.97 Å². The number of nitrogens with zero attached hydrogens (tertiary/aromatic N) is 2. The normalized spacial score (nSPS) is 13.9. The van der Waals surface area contributed by atoms with Gasteiger partial charge in [0.1, 0.15) is 0 Å². The van der Waals surface area contributed by atoms with E-state index in [1.165, 1.54) is 70.6 Å². The Kier molecular flexibility index (Phi) is 7.17. The monoisotopic (exact) mass is 742 g/mol. The van der Waals surface area contributed by atoms with Gasteiger partial charge in [0.05, 0.1) is 16.8 Å². The molecule has 9 aromatic rings. The zero-order valence-electron chi connectivity index (χ0n) is 31.0. The van der Waals surface area contributed by atoms with Crippen molar-refractivity contribution in [3.8, 4) is 56.2 Å². The van der Waals surface area contributed by atoms with Crippen molar-refractivity contribution in [2.24, 2.45) is 0 Å². The lowest BCUT2D eigenvalue weighted by atomic mass is 9.67. The summed E-state index contributed by atoms with van der Waals surface area (Å²) in [5.41, 5.74) is 17.5. The summed E-state index contributed by atoms with van der Waals surface area (Å²) in [6, 6.07) is 66.6. The molecule has 12 rings (SSSR count). The van der Waals surface area contributed by atoms with E-state index in [0.717, 1.165) is 40.1 Å². The van der Waals surface area contributed by atoms with Gasteiger partial charge in [0, 0.05) is 26.5 Å². The Hall–Kier alpha value is -6.81. The third-order valence-corrected chi connectivity index (χ3v) is 13.4. The van der Waals surface area contributed by atoms with Crippen molar-refractivity contribution in [1.29, 1.82) is 0 Å².